The molecule has 0 spiro atoms. The third-order valence-corrected chi connectivity index (χ3v) is 1.76. The van der Waals surface area contributed by atoms with Crippen LogP contribution in [-0.2, 0) is 0 Å². The van der Waals surface area contributed by atoms with Gasteiger partial charge in [0.15, 0.2) is 6.29 Å². The molecule has 0 unspecified atom stereocenters. The van der Waals surface area contributed by atoms with Crippen LogP contribution >= 0.6 is 11.6 Å². The average Bonchev–Trinajstić information content (AvgIpc) is 2.16. The fraction of sp³-hybridized carbons (Fsp3) is 0.100. The fourth-order valence-electron chi connectivity index (χ4n) is 0.988. The van der Waals surface area contributed by atoms with Crippen LogP contribution in [0.2, 0.25) is 0 Å². The molecule has 0 atom stereocenters. The lowest BCUT2D eigenvalue weighted by atomic mass is 10.1. The quantitative estimate of drug-likeness (QED) is 0.596. The Kier molecular flexibility index (Phi) is 3.53. The predicted octanol–water partition coefficient (Wildman–Crippen LogP) is 2.46. The third-order valence-electron chi connectivity index (χ3n) is 1.58. The summed E-state index contributed by atoms with van der Waals surface area (Å²) in [6.45, 7) is 0. The molecule has 1 aromatic rings. The second-order valence-corrected chi connectivity index (χ2v) is 2.80. The summed E-state index contributed by atoms with van der Waals surface area (Å²) in [5.41, 5.74) is 1.22. The van der Waals surface area contributed by atoms with Crippen LogP contribution in [-0.4, -0.2) is 17.3 Å². The van der Waals surface area contributed by atoms with Gasteiger partial charge < -0.3 is 5.11 Å². The van der Waals surface area contributed by atoms with Gasteiger partial charge in [0.1, 0.15) is 5.75 Å². The van der Waals surface area contributed by atoms with Crippen LogP contribution in [0.1, 0.15) is 15.9 Å². The molecule has 0 aromatic heterocycles. The van der Waals surface area contributed by atoms with Gasteiger partial charge in [-0.1, -0.05) is 18.2 Å². The number of halogens is 1. The smallest absolute Gasteiger partial charge is 0.150 e. The zero-order chi connectivity index (χ0) is 9.68. The fourth-order valence-corrected chi connectivity index (χ4v) is 1.08. The summed E-state index contributed by atoms with van der Waals surface area (Å²) in [5, 5.41) is 9.08. The normalized spacial score (nSPS) is 10.5. The van der Waals surface area contributed by atoms with Crippen molar-refractivity contribution < 1.29 is 9.90 Å². The maximum atomic E-state index is 10.6. The number of phenolic OH excluding ortho intramolecular Hbond substituents is 1. The zero-order valence-electron chi connectivity index (χ0n) is 6.90. The van der Waals surface area contributed by atoms with E-state index in [0.717, 1.165) is 5.56 Å². The second kappa shape index (κ2) is 4.67. The summed E-state index contributed by atoms with van der Waals surface area (Å²) in [6, 6.07) is 4.62. The number of carbonyl (C=O) groups excluding carboxylic acids is 1. The van der Waals surface area contributed by atoms with Crippen LogP contribution in [0.25, 0.3) is 6.08 Å². The molecule has 0 bridgehead atoms. The maximum absolute atomic E-state index is 10.6. The Balaban J connectivity index is 3.06. The van der Waals surface area contributed by atoms with Crippen LogP contribution in [0.3, 0.4) is 0 Å². The lowest BCUT2D eigenvalue weighted by Crippen LogP contribution is -1.85. The first-order valence-electron chi connectivity index (χ1n) is 3.78. The van der Waals surface area contributed by atoms with Gasteiger partial charge in [0.05, 0.1) is 0 Å². The van der Waals surface area contributed by atoms with Gasteiger partial charge in [0.25, 0.3) is 0 Å². The summed E-state index contributed by atoms with van der Waals surface area (Å²) in [6.07, 6.45) is 4.19. The number of aldehydes is 1. The van der Waals surface area contributed by atoms with E-state index in [4.69, 9.17) is 16.7 Å². The highest BCUT2D eigenvalue weighted by Crippen LogP contribution is 2.16. The molecule has 0 saturated heterocycles. The lowest BCUT2D eigenvalue weighted by molar-refractivity contribution is 0.112. The summed E-state index contributed by atoms with van der Waals surface area (Å²) in [5.74, 6) is 0.490. The van der Waals surface area contributed by atoms with Crippen LogP contribution in [0.4, 0.5) is 0 Å². The Labute approximate surface area is 81.5 Å². The van der Waals surface area contributed by atoms with E-state index in [1.165, 1.54) is 12.1 Å². The molecular formula is C10H9ClO2. The number of hydrogen-bond donors (Lipinski definition) is 1. The van der Waals surface area contributed by atoms with Crippen molar-refractivity contribution in [3.8, 4) is 5.75 Å². The molecule has 3 heteroatoms. The number of hydrogen-bond acceptors (Lipinski definition) is 2. The molecule has 2 nitrogen and oxygen atoms in total. The largest absolute Gasteiger partial charge is 0.508 e. The zero-order valence-corrected chi connectivity index (χ0v) is 7.66. The molecule has 1 aromatic carbocycles. The first kappa shape index (κ1) is 9.81. The third kappa shape index (κ3) is 2.60. The van der Waals surface area contributed by atoms with E-state index in [-0.39, 0.29) is 5.75 Å². The van der Waals surface area contributed by atoms with Crippen LogP contribution < -0.4 is 0 Å². The van der Waals surface area contributed by atoms with Crippen molar-refractivity contribution >= 4 is 24.0 Å². The van der Waals surface area contributed by atoms with Gasteiger partial charge in [-0.3, -0.25) is 4.79 Å². The van der Waals surface area contributed by atoms with Gasteiger partial charge in [-0.25, -0.2) is 0 Å². The standard InChI is InChI=1S/C10H9ClO2/c11-5-1-2-8-3-4-10(13)6-9(8)7-12/h1-4,6-7,13H,5H2. The molecule has 68 valence electrons. The molecule has 0 aliphatic rings. The SMILES string of the molecule is O=Cc1cc(O)ccc1C=CCCl. The van der Waals surface area contributed by atoms with Gasteiger partial charge in [-0.05, 0) is 17.7 Å². The second-order valence-electron chi connectivity index (χ2n) is 2.49. The van der Waals surface area contributed by atoms with Crippen molar-refractivity contribution in [1.29, 1.82) is 0 Å². The molecule has 1 N–H and O–H groups in total. The monoisotopic (exact) mass is 196 g/mol. The highest BCUT2D eigenvalue weighted by molar-refractivity contribution is 6.19. The number of phenols is 1. The van der Waals surface area contributed by atoms with Crippen LogP contribution in [0.5, 0.6) is 5.75 Å². The van der Waals surface area contributed by atoms with E-state index in [1.807, 2.05) is 0 Å². The molecule has 0 fully saturated rings. The Morgan fingerprint density at radius 3 is 2.77 bits per heavy atom. The van der Waals surface area contributed by atoms with E-state index in [9.17, 15) is 4.79 Å². The van der Waals surface area contributed by atoms with E-state index in [2.05, 4.69) is 0 Å². The Morgan fingerprint density at radius 2 is 2.15 bits per heavy atom. The first-order valence-corrected chi connectivity index (χ1v) is 4.32. The van der Waals surface area contributed by atoms with Crippen LogP contribution in [0, 0.1) is 0 Å². The number of allylic oxidation sites excluding steroid dienone is 1. The Bertz CT molecular complexity index is 332. The average molecular weight is 197 g/mol. The Hall–Kier alpha value is -1.28. The number of alkyl halides is 1. The number of aromatic hydroxyl groups is 1. The molecule has 0 radical (unpaired) electrons. The van der Waals surface area contributed by atoms with Gasteiger partial charge in [-0.15, -0.1) is 11.6 Å². The van der Waals surface area contributed by atoms with Crippen molar-refractivity contribution in [3.63, 3.8) is 0 Å². The molecular weight excluding hydrogens is 188 g/mol. The van der Waals surface area contributed by atoms with Crippen molar-refractivity contribution in [2.24, 2.45) is 0 Å². The van der Waals surface area contributed by atoms with E-state index >= 15 is 0 Å². The van der Waals surface area contributed by atoms with Crippen molar-refractivity contribution in [2.45, 2.75) is 0 Å². The number of benzene rings is 1. The van der Waals surface area contributed by atoms with Crippen molar-refractivity contribution in [1.82, 2.24) is 0 Å². The highest BCUT2D eigenvalue weighted by atomic mass is 35.5. The minimum atomic E-state index is 0.0881. The molecule has 1 rings (SSSR count). The molecule has 0 aliphatic carbocycles. The topological polar surface area (TPSA) is 37.3 Å². The maximum Gasteiger partial charge on any atom is 0.150 e. The van der Waals surface area contributed by atoms with Gasteiger partial charge in [0, 0.05) is 11.4 Å². The van der Waals surface area contributed by atoms with Gasteiger partial charge >= 0.3 is 0 Å². The van der Waals surface area contributed by atoms with E-state index < -0.39 is 0 Å². The first-order chi connectivity index (χ1) is 6.27. The minimum absolute atomic E-state index is 0.0881. The summed E-state index contributed by atoms with van der Waals surface area (Å²) in [4.78, 5) is 10.6. The van der Waals surface area contributed by atoms with Gasteiger partial charge in [0.2, 0.25) is 0 Å². The molecule has 13 heavy (non-hydrogen) atoms. The summed E-state index contributed by atoms with van der Waals surface area (Å²) < 4.78 is 0. The molecule has 0 saturated carbocycles. The van der Waals surface area contributed by atoms with Crippen molar-refractivity contribution in [3.05, 3.63) is 35.4 Å². The lowest BCUT2D eigenvalue weighted by Gasteiger charge is -1.98. The van der Waals surface area contributed by atoms with Crippen molar-refractivity contribution in [2.75, 3.05) is 5.88 Å². The van der Waals surface area contributed by atoms with E-state index in [1.54, 1.807) is 18.2 Å². The number of carbonyl (C=O) groups is 1. The number of rotatable bonds is 3. The Morgan fingerprint density at radius 1 is 1.38 bits per heavy atom. The molecule has 0 heterocycles. The highest BCUT2D eigenvalue weighted by Gasteiger charge is 1.98. The van der Waals surface area contributed by atoms with Gasteiger partial charge in [-0.2, -0.15) is 0 Å². The summed E-state index contributed by atoms with van der Waals surface area (Å²) >= 11 is 5.45. The minimum Gasteiger partial charge on any atom is -0.508 e. The summed E-state index contributed by atoms with van der Waals surface area (Å²) in [7, 11) is 0. The van der Waals surface area contributed by atoms with Crippen LogP contribution in [0.15, 0.2) is 24.3 Å². The predicted molar refractivity (Wildman–Crippen MR) is 53.2 cm³/mol. The van der Waals surface area contributed by atoms with E-state index in [0.29, 0.717) is 17.7 Å². The molecule has 0 aliphatic heterocycles. The molecule has 0 amide bonds.